The molecule has 0 atom stereocenters. The summed E-state index contributed by atoms with van der Waals surface area (Å²) in [5.41, 5.74) is 3.29. The lowest BCUT2D eigenvalue weighted by Crippen LogP contribution is -2.55. The Morgan fingerprint density at radius 3 is 2.39 bits per heavy atom. The summed E-state index contributed by atoms with van der Waals surface area (Å²) in [7, 11) is 0. The second-order valence-electron chi connectivity index (χ2n) is 10.5. The second-order valence-corrected chi connectivity index (χ2v) is 10.9. The Kier molecular flexibility index (Phi) is 7.78. The van der Waals surface area contributed by atoms with Crippen molar-refractivity contribution in [3.8, 4) is 11.3 Å². The molecule has 2 heterocycles. The van der Waals surface area contributed by atoms with Crippen LogP contribution >= 0.6 is 11.6 Å². The van der Waals surface area contributed by atoms with E-state index in [2.05, 4.69) is 45.7 Å². The summed E-state index contributed by atoms with van der Waals surface area (Å²) in [4.78, 5) is 16.2. The average Bonchev–Trinajstić information content (AvgIpc) is 3.08. The zero-order valence-corrected chi connectivity index (χ0v) is 21.9. The molecule has 5 nitrogen and oxygen atoms in total. The van der Waals surface area contributed by atoms with Crippen LogP contribution in [0, 0.1) is 6.92 Å². The van der Waals surface area contributed by atoms with Gasteiger partial charge in [0.05, 0.1) is 5.02 Å². The molecule has 1 aromatic heterocycles. The lowest BCUT2D eigenvalue weighted by atomic mass is 9.74. The summed E-state index contributed by atoms with van der Waals surface area (Å²) in [6.07, 6.45) is 10.4. The van der Waals surface area contributed by atoms with E-state index in [0.717, 1.165) is 32.1 Å². The molecule has 6 heteroatoms. The van der Waals surface area contributed by atoms with Crippen LogP contribution in [0.25, 0.3) is 11.3 Å². The Labute approximate surface area is 219 Å². The van der Waals surface area contributed by atoms with E-state index in [-0.39, 0.29) is 17.5 Å². The summed E-state index contributed by atoms with van der Waals surface area (Å²) in [6.45, 7) is 4.16. The third kappa shape index (κ3) is 5.37. The zero-order chi connectivity index (χ0) is 25.0. The maximum absolute atomic E-state index is 13.4. The van der Waals surface area contributed by atoms with E-state index in [0.29, 0.717) is 27.6 Å². The van der Waals surface area contributed by atoms with E-state index < -0.39 is 0 Å². The van der Waals surface area contributed by atoms with Crippen molar-refractivity contribution in [2.75, 3.05) is 13.1 Å². The van der Waals surface area contributed by atoms with Crippen molar-refractivity contribution in [1.29, 1.82) is 0 Å². The number of likely N-dealkylation sites (tertiary alicyclic amines) is 1. The van der Waals surface area contributed by atoms with Gasteiger partial charge in [0, 0.05) is 17.1 Å². The van der Waals surface area contributed by atoms with Gasteiger partial charge in [-0.25, -0.2) is 0 Å². The van der Waals surface area contributed by atoms with Gasteiger partial charge < -0.3 is 9.84 Å². The minimum atomic E-state index is -0.126. The Morgan fingerprint density at radius 2 is 1.69 bits per heavy atom. The highest BCUT2D eigenvalue weighted by Crippen LogP contribution is 2.39. The molecule has 0 bridgehead atoms. The van der Waals surface area contributed by atoms with Crippen LogP contribution in [0.3, 0.4) is 0 Å². The monoisotopic (exact) mass is 505 g/mol. The molecule has 2 fully saturated rings. The number of hydrogen-bond acceptors (Lipinski definition) is 4. The number of aromatic nitrogens is 1. The molecule has 190 valence electrons. The topological polar surface area (TPSA) is 58.4 Å². The molecule has 36 heavy (non-hydrogen) atoms. The number of amides is 1. The molecular formula is C30H36ClN3O2. The van der Waals surface area contributed by atoms with Crippen LogP contribution in [0.1, 0.15) is 73.0 Å². The van der Waals surface area contributed by atoms with Gasteiger partial charge in [-0.15, -0.1) is 0 Å². The van der Waals surface area contributed by atoms with Gasteiger partial charge >= 0.3 is 0 Å². The Morgan fingerprint density at radius 1 is 1.03 bits per heavy atom. The van der Waals surface area contributed by atoms with E-state index in [4.69, 9.17) is 16.1 Å². The Hall–Kier alpha value is -2.63. The van der Waals surface area contributed by atoms with Crippen molar-refractivity contribution in [2.45, 2.75) is 76.3 Å². The number of benzene rings is 2. The van der Waals surface area contributed by atoms with Gasteiger partial charge in [0.2, 0.25) is 0 Å². The van der Waals surface area contributed by atoms with Crippen LogP contribution in [0.5, 0.6) is 0 Å². The molecular weight excluding hydrogens is 470 g/mol. The highest BCUT2D eigenvalue weighted by atomic mass is 35.5. The normalized spacial score (nSPS) is 23.2. The van der Waals surface area contributed by atoms with Gasteiger partial charge in [-0.1, -0.05) is 78.1 Å². The maximum Gasteiger partial charge on any atom is 0.257 e. The minimum Gasteiger partial charge on any atom is -0.360 e. The maximum atomic E-state index is 13.4. The quantitative estimate of drug-likeness (QED) is 0.398. The fourth-order valence-electron chi connectivity index (χ4n) is 6.16. The standard InChI is InChI=1S/C30H36ClN3O2/c1-22-27(28(33-36-22)25-13-7-8-14-26(25)31)29(35)32-24-15-17-30(18-16-24,21-23-11-5-4-6-12-23)34-19-9-2-3-10-20-34/h4-8,11-14,24H,2-3,9-10,15-21H2,1H3,(H,32,35). The third-order valence-corrected chi connectivity index (χ3v) is 8.45. The summed E-state index contributed by atoms with van der Waals surface area (Å²) in [5.74, 6) is 0.389. The average molecular weight is 506 g/mol. The summed E-state index contributed by atoms with van der Waals surface area (Å²) in [6, 6.07) is 18.5. The molecule has 1 aliphatic carbocycles. The van der Waals surface area contributed by atoms with Crippen molar-refractivity contribution < 1.29 is 9.32 Å². The number of nitrogens with one attached hydrogen (secondary N) is 1. The fourth-order valence-corrected chi connectivity index (χ4v) is 6.38. The Balaban J connectivity index is 1.31. The molecule has 2 aromatic carbocycles. The summed E-state index contributed by atoms with van der Waals surface area (Å²) in [5, 5.41) is 8.04. The SMILES string of the molecule is Cc1onc(-c2ccccc2Cl)c1C(=O)NC1CCC(Cc2ccccc2)(N2CCCCCC2)CC1. The number of carbonyl (C=O) groups is 1. The first-order valence-corrected chi connectivity index (χ1v) is 13.7. The van der Waals surface area contributed by atoms with Crippen molar-refractivity contribution in [1.82, 2.24) is 15.4 Å². The van der Waals surface area contributed by atoms with Crippen molar-refractivity contribution in [3.05, 3.63) is 76.5 Å². The predicted octanol–water partition coefficient (Wildman–Crippen LogP) is 6.83. The third-order valence-electron chi connectivity index (χ3n) is 8.12. The first-order valence-electron chi connectivity index (χ1n) is 13.4. The number of rotatable bonds is 6. The molecule has 1 saturated heterocycles. The first-order chi connectivity index (χ1) is 17.6. The summed E-state index contributed by atoms with van der Waals surface area (Å²) >= 11 is 6.40. The molecule has 0 unspecified atom stereocenters. The highest BCUT2D eigenvalue weighted by Gasteiger charge is 2.41. The lowest BCUT2D eigenvalue weighted by molar-refractivity contribution is 0.0429. The van der Waals surface area contributed by atoms with E-state index in [9.17, 15) is 4.79 Å². The van der Waals surface area contributed by atoms with Crippen LogP contribution < -0.4 is 5.32 Å². The Bertz CT molecular complexity index is 1160. The van der Waals surface area contributed by atoms with Crippen LogP contribution in [0.2, 0.25) is 5.02 Å². The molecule has 2 aliphatic rings. The van der Waals surface area contributed by atoms with Gasteiger partial charge in [0.15, 0.2) is 0 Å². The minimum absolute atomic E-state index is 0.126. The number of aryl methyl sites for hydroxylation is 1. The molecule has 1 saturated carbocycles. The van der Waals surface area contributed by atoms with Crippen molar-refractivity contribution >= 4 is 17.5 Å². The van der Waals surface area contributed by atoms with E-state index in [1.165, 1.54) is 44.3 Å². The predicted molar refractivity (Wildman–Crippen MR) is 144 cm³/mol. The molecule has 3 aromatic rings. The first kappa shape index (κ1) is 25.0. The van der Waals surface area contributed by atoms with Gasteiger partial charge in [0.1, 0.15) is 17.0 Å². The van der Waals surface area contributed by atoms with E-state index >= 15 is 0 Å². The van der Waals surface area contributed by atoms with Gasteiger partial charge in [0.25, 0.3) is 5.91 Å². The molecule has 1 N–H and O–H groups in total. The van der Waals surface area contributed by atoms with E-state index in [1.54, 1.807) is 13.0 Å². The molecule has 5 rings (SSSR count). The van der Waals surface area contributed by atoms with Crippen molar-refractivity contribution in [2.24, 2.45) is 0 Å². The van der Waals surface area contributed by atoms with Crippen LogP contribution in [-0.4, -0.2) is 40.6 Å². The molecule has 0 radical (unpaired) electrons. The van der Waals surface area contributed by atoms with Crippen LogP contribution in [-0.2, 0) is 6.42 Å². The number of nitrogens with zero attached hydrogens (tertiary/aromatic N) is 2. The highest BCUT2D eigenvalue weighted by molar-refractivity contribution is 6.33. The molecule has 0 spiro atoms. The largest absolute Gasteiger partial charge is 0.360 e. The van der Waals surface area contributed by atoms with Crippen LogP contribution in [0.15, 0.2) is 59.1 Å². The fraction of sp³-hybridized carbons (Fsp3) is 0.467. The van der Waals surface area contributed by atoms with Gasteiger partial charge in [-0.3, -0.25) is 9.69 Å². The van der Waals surface area contributed by atoms with E-state index in [1.807, 2.05) is 18.2 Å². The smallest absolute Gasteiger partial charge is 0.257 e. The number of halogens is 1. The summed E-state index contributed by atoms with van der Waals surface area (Å²) < 4.78 is 5.43. The van der Waals surface area contributed by atoms with Gasteiger partial charge in [-0.05, 0) is 76.6 Å². The van der Waals surface area contributed by atoms with Crippen molar-refractivity contribution in [3.63, 3.8) is 0 Å². The number of carbonyl (C=O) groups excluding carboxylic acids is 1. The number of hydrogen-bond donors (Lipinski definition) is 1. The lowest BCUT2D eigenvalue weighted by Gasteiger charge is -2.48. The van der Waals surface area contributed by atoms with Crippen LogP contribution in [0.4, 0.5) is 0 Å². The zero-order valence-electron chi connectivity index (χ0n) is 21.1. The molecule has 1 amide bonds. The molecule has 1 aliphatic heterocycles. The van der Waals surface area contributed by atoms with Gasteiger partial charge in [-0.2, -0.15) is 0 Å². The second kappa shape index (κ2) is 11.2.